The SMILES string of the molecule is O=C(NCCN1CCNCC1)c1ccc(Cl)cc1Br. The van der Waals surface area contributed by atoms with Gasteiger partial charge in [-0.3, -0.25) is 9.69 Å². The van der Waals surface area contributed by atoms with Crippen molar-refractivity contribution in [1.29, 1.82) is 0 Å². The predicted molar refractivity (Wildman–Crippen MR) is 80.8 cm³/mol. The summed E-state index contributed by atoms with van der Waals surface area (Å²) in [6.07, 6.45) is 0. The number of piperazine rings is 1. The van der Waals surface area contributed by atoms with Gasteiger partial charge in [-0.1, -0.05) is 11.6 Å². The van der Waals surface area contributed by atoms with E-state index in [4.69, 9.17) is 11.6 Å². The maximum Gasteiger partial charge on any atom is 0.252 e. The van der Waals surface area contributed by atoms with Gasteiger partial charge in [-0.05, 0) is 34.1 Å². The molecular formula is C13H17BrClN3O. The Morgan fingerprint density at radius 2 is 2.16 bits per heavy atom. The molecule has 0 aliphatic carbocycles. The van der Waals surface area contributed by atoms with E-state index in [9.17, 15) is 4.79 Å². The van der Waals surface area contributed by atoms with E-state index in [1.807, 2.05) is 0 Å². The van der Waals surface area contributed by atoms with Crippen molar-refractivity contribution in [2.24, 2.45) is 0 Å². The van der Waals surface area contributed by atoms with Crippen molar-refractivity contribution in [2.75, 3.05) is 39.3 Å². The van der Waals surface area contributed by atoms with Crippen molar-refractivity contribution in [3.8, 4) is 0 Å². The molecule has 1 aliphatic rings. The maximum absolute atomic E-state index is 12.0. The highest BCUT2D eigenvalue weighted by atomic mass is 79.9. The predicted octanol–water partition coefficient (Wildman–Crippen LogP) is 1.74. The number of hydrogen-bond acceptors (Lipinski definition) is 3. The van der Waals surface area contributed by atoms with Crippen molar-refractivity contribution in [2.45, 2.75) is 0 Å². The zero-order chi connectivity index (χ0) is 13.7. The third kappa shape index (κ3) is 4.45. The fourth-order valence-electron chi connectivity index (χ4n) is 2.03. The summed E-state index contributed by atoms with van der Waals surface area (Å²) in [4.78, 5) is 14.3. The average molecular weight is 347 g/mol. The summed E-state index contributed by atoms with van der Waals surface area (Å²) >= 11 is 9.21. The van der Waals surface area contributed by atoms with E-state index >= 15 is 0 Å². The largest absolute Gasteiger partial charge is 0.351 e. The minimum Gasteiger partial charge on any atom is -0.351 e. The molecule has 4 nitrogen and oxygen atoms in total. The number of benzene rings is 1. The van der Waals surface area contributed by atoms with Gasteiger partial charge in [0, 0.05) is 48.8 Å². The van der Waals surface area contributed by atoms with Crippen LogP contribution in [-0.4, -0.2) is 50.1 Å². The molecule has 2 rings (SSSR count). The second-order valence-corrected chi connectivity index (χ2v) is 5.76. The highest BCUT2D eigenvalue weighted by Crippen LogP contribution is 2.21. The molecule has 2 N–H and O–H groups in total. The Bertz CT molecular complexity index is 450. The third-order valence-electron chi connectivity index (χ3n) is 3.10. The molecule has 6 heteroatoms. The molecule has 0 atom stereocenters. The van der Waals surface area contributed by atoms with Gasteiger partial charge in [-0.2, -0.15) is 0 Å². The highest BCUT2D eigenvalue weighted by molar-refractivity contribution is 9.10. The van der Waals surface area contributed by atoms with Crippen LogP contribution in [0.15, 0.2) is 22.7 Å². The molecule has 1 aromatic carbocycles. The van der Waals surface area contributed by atoms with Gasteiger partial charge >= 0.3 is 0 Å². The van der Waals surface area contributed by atoms with Crippen LogP contribution in [-0.2, 0) is 0 Å². The van der Waals surface area contributed by atoms with E-state index in [0.717, 1.165) is 37.2 Å². The van der Waals surface area contributed by atoms with E-state index in [1.165, 1.54) is 0 Å². The first-order valence-electron chi connectivity index (χ1n) is 6.33. The van der Waals surface area contributed by atoms with E-state index < -0.39 is 0 Å². The normalized spacial score (nSPS) is 16.3. The summed E-state index contributed by atoms with van der Waals surface area (Å²) in [5.41, 5.74) is 0.615. The van der Waals surface area contributed by atoms with E-state index in [0.29, 0.717) is 17.1 Å². The highest BCUT2D eigenvalue weighted by Gasteiger charge is 2.12. The van der Waals surface area contributed by atoms with E-state index in [1.54, 1.807) is 18.2 Å². The second-order valence-electron chi connectivity index (χ2n) is 4.47. The molecule has 104 valence electrons. The molecule has 19 heavy (non-hydrogen) atoms. The number of carbonyl (C=O) groups is 1. The lowest BCUT2D eigenvalue weighted by atomic mass is 10.2. The molecule has 1 amide bonds. The number of nitrogens with one attached hydrogen (secondary N) is 2. The molecule has 1 heterocycles. The molecule has 1 saturated heterocycles. The van der Waals surface area contributed by atoms with E-state index in [-0.39, 0.29) is 5.91 Å². The Hall–Kier alpha value is -0.620. The minimum absolute atomic E-state index is 0.0707. The van der Waals surface area contributed by atoms with Crippen LogP contribution in [0.4, 0.5) is 0 Å². The molecule has 0 radical (unpaired) electrons. The standard InChI is InChI=1S/C13H17BrClN3O/c14-12-9-10(15)1-2-11(12)13(19)17-5-8-18-6-3-16-4-7-18/h1-2,9,16H,3-8H2,(H,17,19). The monoisotopic (exact) mass is 345 g/mol. The molecule has 0 saturated carbocycles. The van der Waals surface area contributed by atoms with Gasteiger partial charge in [0.05, 0.1) is 5.56 Å². The zero-order valence-corrected chi connectivity index (χ0v) is 12.9. The van der Waals surface area contributed by atoms with Crippen LogP contribution in [0.2, 0.25) is 5.02 Å². The number of nitrogens with zero attached hydrogens (tertiary/aromatic N) is 1. The van der Waals surface area contributed by atoms with Gasteiger partial charge in [0.15, 0.2) is 0 Å². The second kappa shape index (κ2) is 7.24. The first-order valence-corrected chi connectivity index (χ1v) is 7.50. The zero-order valence-electron chi connectivity index (χ0n) is 10.6. The maximum atomic E-state index is 12.0. The smallest absolute Gasteiger partial charge is 0.252 e. The first-order chi connectivity index (χ1) is 9.16. The molecule has 0 unspecified atom stereocenters. The number of rotatable bonds is 4. The van der Waals surface area contributed by atoms with Crippen molar-refractivity contribution < 1.29 is 4.79 Å². The third-order valence-corrected chi connectivity index (χ3v) is 3.99. The summed E-state index contributed by atoms with van der Waals surface area (Å²) in [5, 5.41) is 6.85. The lowest BCUT2D eigenvalue weighted by molar-refractivity contribution is 0.0946. The van der Waals surface area contributed by atoms with Crippen LogP contribution >= 0.6 is 27.5 Å². The van der Waals surface area contributed by atoms with Crippen LogP contribution in [0.25, 0.3) is 0 Å². The van der Waals surface area contributed by atoms with E-state index in [2.05, 4.69) is 31.5 Å². The van der Waals surface area contributed by atoms with Crippen molar-refractivity contribution in [1.82, 2.24) is 15.5 Å². The van der Waals surface area contributed by atoms with Gasteiger partial charge < -0.3 is 10.6 Å². The summed E-state index contributed by atoms with van der Waals surface area (Å²) in [5.74, 6) is -0.0707. The first kappa shape index (κ1) is 14.8. The Morgan fingerprint density at radius 1 is 1.42 bits per heavy atom. The average Bonchev–Trinajstić information content (AvgIpc) is 2.39. The quantitative estimate of drug-likeness (QED) is 0.873. The lowest BCUT2D eigenvalue weighted by Crippen LogP contribution is -2.46. The Balaban J connectivity index is 1.80. The van der Waals surface area contributed by atoms with Gasteiger partial charge in [-0.25, -0.2) is 0 Å². The molecule has 0 bridgehead atoms. The summed E-state index contributed by atoms with van der Waals surface area (Å²) in [7, 11) is 0. The van der Waals surface area contributed by atoms with Crippen LogP contribution in [0.1, 0.15) is 10.4 Å². The summed E-state index contributed by atoms with van der Waals surface area (Å²) in [6.45, 7) is 5.68. The van der Waals surface area contributed by atoms with Crippen molar-refractivity contribution in [3.63, 3.8) is 0 Å². The fraction of sp³-hybridized carbons (Fsp3) is 0.462. The van der Waals surface area contributed by atoms with Crippen LogP contribution in [0, 0.1) is 0 Å². The van der Waals surface area contributed by atoms with Gasteiger partial charge in [-0.15, -0.1) is 0 Å². The van der Waals surface area contributed by atoms with Crippen LogP contribution in [0.3, 0.4) is 0 Å². The van der Waals surface area contributed by atoms with Gasteiger partial charge in [0.25, 0.3) is 5.91 Å². The Labute approximate surface area is 126 Å². The number of hydrogen-bond donors (Lipinski definition) is 2. The molecule has 1 aromatic rings. The molecule has 0 spiro atoms. The minimum atomic E-state index is -0.0707. The van der Waals surface area contributed by atoms with Gasteiger partial charge in [0.1, 0.15) is 0 Å². The topological polar surface area (TPSA) is 44.4 Å². The van der Waals surface area contributed by atoms with Crippen LogP contribution < -0.4 is 10.6 Å². The molecule has 1 aliphatic heterocycles. The molecular weight excluding hydrogens is 330 g/mol. The number of amides is 1. The Kier molecular flexibility index (Phi) is 5.63. The molecule has 1 fully saturated rings. The fourth-order valence-corrected chi connectivity index (χ4v) is 2.89. The Morgan fingerprint density at radius 3 is 2.84 bits per heavy atom. The molecule has 0 aromatic heterocycles. The van der Waals surface area contributed by atoms with Crippen molar-refractivity contribution in [3.05, 3.63) is 33.3 Å². The number of halogens is 2. The van der Waals surface area contributed by atoms with Gasteiger partial charge in [0.2, 0.25) is 0 Å². The lowest BCUT2D eigenvalue weighted by Gasteiger charge is -2.27. The number of carbonyl (C=O) groups excluding carboxylic acids is 1. The summed E-state index contributed by atoms with van der Waals surface area (Å²) < 4.78 is 0.722. The van der Waals surface area contributed by atoms with Crippen LogP contribution in [0.5, 0.6) is 0 Å². The van der Waals surface area contributed by atoms with Crippen molar-refractivity contribution >= 4 is 33.4 Å². The summed E-state index contributed by atoms with van der Waals surface area (Å²) in [6, 6.07) is 5.18.